The molecule has 1 unspecified atom stereocenters. The zero-order valence-corrected chi connectivity index (χ0v) is 16.9. The lowest BCUT2D eigenvalue weighted by Crippen LogP contribution is -2.56. The molecule has 10 nitrogen and oxygen atoms in total. The molecule has 2 aliphatic heterocycles. The summed E-state index contributed by atoms with van der Waals surface area (Å²) in [7, 11) is -2.10. The highest BCUT2D eigenvalue weighted by molar-refractivity contribution is 7.86. The fourth-order valence-electron chi connectivity index (χ4n) is 3.27. The molecule has 2 aliphatic rings. The maximum Gasteiger partial charge on any atom is 0.409 e. The fourth-order valence-corrected chi connectivity index (χ4v) is 4.95. The van der Waals surface area contributed by atoms with Crippen LogP contribution >= 0.6 is 0 Å². The number of hydrogen-bond donors (Lipinski definition) is 1. The molecule has 0 bridgehead atoms. The minimum Gasteiger partial charge on any atom is -0.450 e. The van der Waals surface area contributed by atoms with E-state index in [2.05, 4.69) is 5.32 Å². The average Bonchev–Trinajstić information content (AvgIpc) is 2.68. The molecule has 2 fully saturated rings. The van der Waals surface area contributed by atoms with E-state index >= 15 is 0 Å². The van der Waals surface area contributed by atoms with Crippen molar-refractivity contribution in [1.82, 2.24) is 18.8 Å². The highest BCUT2D eigenvalue weighted by atomic mass is 32.2. The van der Waals surface area contributed by atoms with Gasteiger partial charge in [0.2, 0.25) is 5.91 Å². The number of piperidine rings is 1. The molecule has 0 radical (unpaired) electrons. The van der Waals surface area contributed by atoms with Gasteiger partial charge in [0, 0.05) is 52.9 Å². The van der Waals surface area contributed by atoms with Crippen molar-refractivity contribution in [3.8, 4) is 0 Å². The molecule has 2 rings (SSSR count). The molecule has 156 valence electrons. The summed E-state index contributed by atoms with van der Waals surface area (Å²) in [6.07, 6.45) is 0.895. The summed E-state index contributed by atoms with van der Waals surface area (Å²) in [6.45, 7) is 4.49. The van der Waals surface area contributed by atoms with Gasteiger partial charge >= 0.3 is 6.09 Å². The topological polar surface area (TPSA) is 108 Å². The lowest BCUT2D eigenvalue weighted by atomic mass is 9.99. The van der Waals surface area contributed by atoms with Crippen LogP contribution in [0, 0.1) is 5.92 Å². The molecule has 1 N–H and O–H groups in total. The Morgan fingerprint density at radius 2 is 1.81 bits per heavy atom. The number of carbonyl (C=O) groups excluding carboxylic acids is 2. The van der Waals surface area contributed by atoms with Crippen LogP contribution < -0.4 is 5.32 Å². The maximum absolute atomic E-state index is 12.9. The largest absolute Gasteiger partial charge is 0.450 e. The number of methoxy groups -OCH3 is 1. The SMILES string of the molecule is CCOC(=O)N1CCN(S(=O)(=O)N2CCCC(C(=O)NCCOC)C2)CC1. The summed E-state index contributed by atoms with van der Waals surface area (Å²) in [5.74, 6) is -0.495. The lowest BCUT2D eigenvalue weighted by Gasteiger charge is -2.38. The summed E-state index contributed by atoms with van der Waals surface area (Å²) in [6, 6.07) is 0. The van der Waals surface area contributed by atoms with Gasteiger partial charge in [-0.1, -0.05) is 0 Å². The van der Waals surface area contributed by atoms with Crippen LogP contribution in [0.5, 0.6) is 0 Å². The standard InChI is InChI=1S/C16H30N4O6S/c1-3-26-16(22)18-8-10-19(11-9-18)27(23,24)20-7-4-5-14(13-20)15(21)17-6-12-25-2/h14H,3-13H2,1-2H3,(H,17,21). The molecule has 1 atom stereocenters. The molecular weight excluding hydrogens is 376 g/mol. The number of ether oxygens (including phenoxy) is 2. The molecule has 2 saturated heterocycles. The molecule has 0 aliphatic carbocycles. The van der Waals surface area contributed by atoms with Gasteiger partial charge in [-0.25, -0.2) is 4.79 Å². The van der Waals surface area contributed by atoms with Gasteiger partial charge in [-0.2, -0.15) is 17.0 Å². The van der Waals surface area contributed by atoms with Gasteiger partial charge in [-0.3, -0.25) is 4.79 Å². The Bertz CT molecular complexity index is 606. The molecule has 0 aromatic rings. The first-order valence-electron chi connectivity index (χ1n) is 9.33. The van der Waals surface area contributed by atoms with Crippen LogP contribution in [0.4, 0.5) is 4.79 Å². The van der Waals surface area contributed by atoms with Crippen molar-refractivity contribution in [1.29, 1.82) is 0 Å². The first-order chi connectivity index (χ1) is 12.9. The van der Waals surface area contributed by atoms with Gasteiger partial charge in [0.25, 0.3) is 10.2 Å². The van der Waals surface area contributed by atoms with Crippen LogP contribution in [0.2, 0.25) is 0 Å². The fraction of sp³-hybridized carbons (Fsp3) is 0.875. The van der Waals surface area contributed by atoms with E-state index in [1.54, 1.807) is 14.0 Å². The second-order valence-corrected chi connectivity index (χ2v) is 8.50. The molecule has 27 heavy (non-hydrogen) atoms. The van der Waals surface area contributed by atoms with Crippen LogP contribution in [0.1, 0.15) is 19.8 Å². The van der Waals surface area contributed by atoms with Gasteiger partial charge in [0.15, 0.2) is 0 Å². The van der Waals surface area contributed by atoms with E-state index in [1.165, 1.54) is 13.5 Å². The number of nitrogens with one attached hydrogen (secondary N) is 1. The minimum atomic E-state index is -3.65. The van der Waals surface area contributed by atoms with Crippen LogP contribution in [0.15, 0.2) is 0 Å². The number of nitrogens with zero attached hydrogens (tertiary/aromatic N) is 3. The van der Waals surface area contributed by atoms with Gasteiger partial charge in [-0.05, 0) is 19.8 Å². The second kappa shape index (κ2) is 10.2. The maximum atomic E-state index is 12.9. The van der Waals surface area contributed by atoms with E-state index in [4.69, 9.17) is 9.47 Å². The Morgan fingerprint density at radius 3 is 2.44 bits per heavy atom. The van der Waals surface area contributed by atoms with E-state index in [9.17, 15) is 18.0 Å². The third kappa shape index (κ3) is 5.77. The van der Waals surface area contributed by atoms with Crippen molar-refractivity contribution in [2.24, 2.45) is 5.92 Å². The Balaban J connectivity index is 1.90. The van der Waals surface area contributed by atoms with E-state index in [1.807, 2.05) is 0 Å². The number of hydrogen-bond acceptors (Lipinski definition) is 6. The lowest BCUT2D eigenvalue weighted by molar-refractivity contribution is -0.126. The minimum absolute atomic E-state index is 0.140. The zero-order valence-electron chi connectivity index (χ0n) is 16.1. The van der Waals surface area contributed by atoms with Gasteiger partial charge < -0.3 is 19.7 Å². The molecule has 0 aromatic heterocycles. The molecule has 2 heterocycles. The van der Waals surface area contributed by atoms with E-state index in [0.717, 1.165) is 0 Å². The number of amides is 2. The van der Waals surface area contributed by atoms with Gasteiger partial charge in [-0.15, -0.1) is 0 Å². The molecule has 0 spiro atoms. The van der Waals surface area contributed by atoms with E-state index in [-0.39, 0.29) is 31.5 Å². The van der Waals surface area contributed by atoms with Crippen LogP contribution in [-0.2, 0) is 24.5 Å². The van der Waals surface area contributed by atoms with Crippen molar-refractivity contribution >= 4 is 22.2 Å². The summed E-state index contributed by atoms with van der Waals surface area (Å²) in [5, 5.41) is 2.78. The first kappa shape index (κ1) is 21.9. The van der Waals surface area contributed by atoms with E-state index < -0.39 is 16.3 Å². The van der Waals surface area contributed by atoms with Crippen molar-refractivity contribution in [3.63, 3.8) is 0 Å². The average molecular weight is 407 g/mol. The molecule has 11 heteroatoms. The molecule has 0 aromatic carbocycles. The summed E-state index contributed by atoms with van der Waals surface area (Å²) < 4.78 is 38.5. The summed E-state index contributed by atoms with van der Waals surface area (Å²) in [4.78, 5) is 25.5. The molecular formula is C16H30N4O6S. The second-order valence-electron chi connectivity index (χ2n) is 6.57. The van der Waals surface area contributed by atoms with Crippen LogP contribution in [0.3, 0.4) is 0 Å². The quantitative estimate of drug-likeness (QED) is 0.570. The predicted molar refractivity (Wildman–Crippen MR) is 98.3 cm³/mol. The zero-order chi connectivity index (χ0) is 19.9. The van der Waals surface area contributed by atoms with Crippen LogP contribution in [0.25, 0.3) is 0 Å². The summed E-state index contributed by atoms with van der Waals surface area (Å²) >= 11 is 0. The number of rotatable bonds is 7. The normalized spacial score (nSPS) is 22.4. The van der Waals surface area contributed by atoms with Crippen molar-refractivity contribution in [3.05, 3.63) is 0 Å². The van der Waals surface area contributed by atoms with Gasteiger partial charge in [0.1, 0.15) is 0 Å². The van der Waals surface area contributed by atoms with Crippen molar-refractivity contribution in [2.45, 2.75) is 19.8 Å². The third-order valence-corrected chi connectivity index (χ3v) is 6.78. The Hall–Kier alpha value is -1.43. The van der Waals surface area contributed by atoms with Crippen molar-refractivity contribution < 1.29 is 27.5 Å². The highest BCUT2D eigenvalue weighted by Gasteiger charge is 2.37. The monoisotopic (exact) mass is 406 g/mol. The third-order valence-electron chi connectivity index (χ3n) is 4.78. The Morgan fingerprint density at radius 1 is 1.11 bits per heavy atom. The Kier molecular flexibility index (Phi) is 8.27. The first-order valence-corrected chi connectivity index (χ1v) is 10.7. The number of piperazine rings is 1. The van der Waals surface area contributed by atoms with Crippen molar-refractivity contribution in [2.75, 3.05) is 66.1 Å². The van der Waals surface area contributed by atoms with E-state index in [0.29, 0.717) is 52.2 Å². The van der Waals surface area contributed by atoms with Crippen LogP contribution in [-0.4, -0.2) is 100 Å². The Labute approximate surface area is 160 Å². The number of carbonyl (C=O) groups is 2. The smallest absolute Gasteiger partial charge is 0.409 e. The highest BCUT2D eigenvalue weighted by Crippen LogP contribution is 2.22. The predicted octanol–water partition coefficient (Wildman–Crippen LogP) is -0.520. The summed E-state index contributed by atoms with van der Waals surface area (Å²) in [5.41, 5.74) is 0. The molecule has 2 amide bonds. The molecule has 0 saturated carbocycles. The van der Waals surface area contributed by atoms with Gasteiger partial charge in [0.05, 0.1) is 19.1 Å².